The Balaban J connectivity index is 2.11. The van der Waals surface area contributed by atoms with Crippen LogP contribution in [-0.4, -0.2) is 42.7 Å². The third-order valence-corrected chi connectivity index (χ3v) is 3.19. The van der Waals surface area contributed by atoms with Gasteiger partial charge in [-0.2, -0.15) is 9.97 Å². The van der Waals surface area contributed by atoms with Crippen LogP contribution in [0.5, 0.6) is 11.8 Å². The number of nitrogens with zero attached hydrogens (tertiary/aromatic N) is 2. The summed E-state index contributed by atoms with van der Waals surface area (Å²) in [6, 6.07) is 1.71. The molecule has 1 aromatic heterocycles. The Hall–Kier alpha value is -1.89. The van der Waals surface area contributed by atoms with Crippen LogP contribution >= 0.6 is 0 Å². The lowest BCUT2D eigenvalue weighted by Gasteiger charge is -2.14. The Labute approximate surface area is 111 Å². The first-order valence-corrected chi connectivity index (χ1v) is 6.15. The van der Waals surface area contributed by atoms with Gasteiger partial charge in [0.25, 0.3) is 0 Å². The van der Waals surface area contributed by atoms with Crippen LogP contribution in [0.1, 0.15) is 13.3 Å². The monoisotopic (exact) mass is 266 g/mol. The van der Waals surface area contributed by atoms with E-state index >= 15 is 0 Å². The van der Waals surface area contributed by atoms with Crippen LogP contribution in [0.4, 0.5) is 5.95 Å². The van der Waals surface area contributed by atoms with Gasteiger partial charge in [-0.3, -0.25) is 10.1 Å². The fourth-order valence-corrected chi connectivity index (χ4v) is 2.09. The summed E-state index contributed by atoms with van der Waals surface area (Å²) >= 11 is 0. The van der Waals surface area contributed by atoms with Gasteiger partial charge in [-0.1, -0.05) is 0 Å². The standard InChI is InChI=1S/C12H18N4O3/c1-7-8(4-5-13-7)11(17)16-12-14-9(18-2)6-10(15-12)19-3/h6-8,13H,4-5H2,1-3H3,(H,14,15,16,17). The van der Waals surface area contributed by atoms with E-state index < -0.39 is 0 Å². The predicted molar refractivity (Wildman–Crippen MR) is 69.3 cm³/mol. The number of hydrogen-bond donors (Lipinski definition) is 2. The van der Waals surface area contributed by atoms with Gasteiger partial charge in [-0.25, -0.2) is 0 Å². The minimum absolute atomic E-state index is 0.0687. The molecule has 0 bridgehead atoms. The van der Waals surface area contributed by atoms with Crippen LogP contribution in [0, 0.1) is 5.92 Å². The first kappa shape index (κ1) is 13.5. The molecule has 1 aromatic rings. The highest BCUT2D eigenvalue weighted by atomic mass is 16.5. The third kappa shape index (κ3) is 3.11. The maximum Gasteiger partial charge on any atom is 0.236 e. The first-order valence-electron chi connectivity index (χ1n) is 6.15. The smallest absolute Gasteiger partial charge is 0.236 e. The molecule has 0 spiro atoms. The number of carbonyl (C=O) groups is 1. The van der Waals surface area contributed by atoms with Gasteiger partial charge < -0.3 is 14.8 Å². The number of ether oxygens (including phenoxy) is 2. The van der Waals surface area contributed by atoms with Crippen molar-refractivity contribution in [3.8, 4) is 11.8 Å². The number of nitrogens with one attached hydrogen (secondary N) is 2. The van der Waals surface area contributed by atoms with Gasteiger partial charge in [0.15, 0.2) is 0 Å². The lowest BCUT2D eigenvalue weighted by molar-refractivity contribution is -0.120. The van der Waals surface area contributed by atoms with Crippen LogP contribution in [0.15, 0.2) is 6.07 Å². The normalized spacial score (nSPS) is 22.1. The van der Waals surface area contributed by atoms with Crippen molar-refractivity contribution in [2.75, 3.05) is 26.1 Å². The Kier molecular flexibility index (Phi) is 4.16. The van der Waals surface area contributed by atoms with Crippen molar-refractivity contribution < 1.29 is 14.3 Å². The molecule has 7 heteroatoms. The van der Waals surface area contributed by atoms with E-state index in [1.54, 1.807) is 6.07 Å². The van der Waals surface area contributed by atoms with E-state index in [-0.39, 0.29) is 23.8 Å². The number of amides is 1. The van der Waals surface area contributed by atoms with E-state index in [1.807, 2.05) is 6.92 Å². The minimum Gasteiger partial charge on any atom is -0.481 e. The third-order valence-electron chi connectivity index (χ3n) is 3.19. The summed E-state index contributed by atoms with van der Waals surface area (Å²) in [4.78, 5) is 20.3. The topological polar surface area (TPSA) is 85.4 Å². The zero-order valence-corrected chi connectivity index (χ0v) is 11.3. The lowest BCUT2D eigenvalue weighted by Crippen LogP contribution is -2.32. The van der Waals surface area contributed by atoms with Gasteiger partial charge >= 0.3 is 0 Å². The summed E-state index contributed by atoms with van der Waals surface area (Å²) in [5.41, 5.74) is 0. The summed E-state index contributed by atoms with van der Waals surface area (Å²) in [5, 5.41) is 5.93. The molecule has 2 rings (SSSR count). The van der Waals surface area contributed by atoms with E-state index in [0.29, 0.717) is 11.8 Å². The second-order valence-corrected chi connectivity index (χ2v) is 4.40. The van der Waals surface area contributed by atoms with Crippen LogP contribution in [0.3, 0.4) is 0 Å². The minimum atomic E-state index is -0.0900. The zero-order chi connectivity index (χ0) is 13.8. The van der Waals surface area contributed by atoms with E-state index in [4.69, 9.17) is 9.47 Å². The second-order valence-electron chi connectivity index (χ2n) is 4.40. The highest BCUT2D eigenvalue weighted by Gasteiger charge is 2.29. The average Bonchev–Trinajstić information content (AvgIpc) is 2.84. The van der Waals surface area contributed by atoms with Crippen molar-refractivity contribution in [2.45, 2.75) is 19.4 Å². The van der Waals surface area contributed by atoms with E-state index in [0.717, 1.165) is 13.0 Å². The molecular weight excluding hydrogens is 248 g/mol. The largest absolute Gasteiger partial charge is 0.481 e. The number of aromatic nitrogens is 2. The molecule has 2 N–H and O–H groups in total. The zero-order valence-electron chi connectivity index (χ0n) is 11.3. The number of anilines is 1. The van der Waals surface area contributed by atoms with Gasteiger partial charge in [-0.15, -0.1) is 0 Å². The Morgan fingerprint density at radius 1 is 1.37 bits per heavy atom. The van der Waals surface area contributed by atoms with E-state index in [9.17, 15) is 4.79 Å². The van der Waals surface area contributed by atoms with Crippen molar-refractivity contribution >= 4 is 11.9 Å². The Morgan fingerprint density at radius 2 is 2.00 bits per heavy atom. The molecule has 1 fully saturated rings. The number of carbonyl (C=O) groups excluding carboxylic acids is 1. The fourth-order valence-electron chi connectivity index (χ4n) is 2.09. The molecule has 2 atom stereocenters. The van der Waals surface area contributed by atoms with Crippen molar-refractivity contribution in [3.63, 3.8) is 0 Å². The summed E-state index contributed by atoms with van der Waals surface area (Å²) < 4.78 is 10.1. The van der Waals surface area contributed by atoms with Crippen LogP contribution in [0.2, 0.25) is 0 Å². The van der Waals surface area contributed by atoms with Gasteiger partial charge in [-0.05, 0) is 19.9 Å². The van der Waals surface area contributed by atoms with Crippen molar-refractivity contribution in [3.05, 3.63) is 6.07 Å². The molecule has 1 aliphatic heterocycles. The summed E-state index contributed by atoms with van der Waals surface area (Å²) in [6.45, 7) is 2.84. The molecule has 19 heavy (non-hydrogen) atoms. The molecule has 2 heterocycles. The van der Waals surface area contributed by atoms with Crippen molar-refractivity contribution in [1.82, 2.24) is 15.3 Å². The van der Waals surface area contributed by atoms with Crippen LogP contribution in [-0.2, 0) is 4.79 Å². The van der Waals surface area contributed by atoms with Gasteiger partial charge in [0.05, 0.1) is 26.2 Å². The maximum absolute atomic E-state index is 12.1. The van der Waals surface area contributed by atoms with Crippen molar-refractivity contribution in [1.29, 1.82) is 0 Å². The molecule has 1 aliphatic rings. The van der Waals surface area contributed by atoms with Gasteiger partial charge in [0.1, 0.15) is 0 Å². The quantitative estimate of drug-likeness (QED) is 0.822. The number of rotatable bonds is 4. The molecule has 0 aliphatic carbocycles. The Morgan fingerprint density at radius 3 is 2.47 bits per heavy atom. The lowest BCUT2D eigenvalue weighted by atomic mass is 10.0. The van der Waals surface area contributed by atoms with Gasteiger partial charge in [0, 0.05) is 6.04 Å². The van der Waals surface area contributed by atoms with Gasteiger partial charge in [0.2, 0.25) is 23.6 Å². The summed E-state index contributed by atoms with van der Waals surface area (Å²) in [7, 11) is 2.99. The SMILES string of the molecule is COc1cc(OC)nc(NC(=O)C2CCNC2C)n1. The fraction of sp³-hybridized carbons (Fsp3) is 0.583. The van der Waals surface area contributed by atoms with Crippen LogP contribution < -0.4 is 20.1 Å². The molecule has 104 valence electrons. The molecule has 1 amide bonds. The van der Waals surface area contributed by atoms with E-state index in [2.05, 4.69) is 20.6 Å². The predicted octanol–water partition coefficient (Wildman–Crippen LogP) is 0.430. The van der Waals surface area contributed by atoms with E-state index in [1.165, 1.54) is 14.2 Å². The number of hydrogen-bond acceptors (Lipinski definition) is 6. The van der Waals surface area contributed by atoms with Crippen LogP contribution in [0.25, 0.3) is 0 Å². The molecule has 0 aromatic carbocycles. The molecule has 7 nitrogen and oxygen atoms in total. The molecular formula is C12H18N4O3. The molecule has 0 saturated carbocycles. The molecule has 1 saturated heterocycles. The maximum atomic E-state index is 12.1. The summed E-state index contributed by atoms with van der Waals surface area (Å²) in [5.74, 6) is 0.730. The average molecular weight is 266 g/mol. The summed E-state index contributed by atoms with van der Waals surface area (Å²) in [6.07, 6.45) is 0.814. The van der Waals surface area contributed by atoms with Crippen molar-refractivity contribution in [2.24, 2.45) is 5.92 Å². The second kappa shape index (κ2) is 5.83. The highest BCUT2D eigenvalue weighted by Crippen LogP contribution is 2.20. The first-order chi connectivity index (χ1) is 9.13. The molecule has 2 unspecified atom stereocenters. The number of methoxy groups -OCH3 is 2. The Bertz CT molecular complexity index is 444. The highest BCUT2D eigenvalue weighted by molar-refractivity contribution is 5.91. The molecule has 0 radical (unpaired) electrons.